The molecule has 0 radical (unpaired) electrons. The topological polar surface area (TPSA) is 54.7 Å². The molecule has 4 heteroatoms. The number of aromatic amines is 1. The molecule has 2 atom stereocenters. The smallest absolute Gasteiger partial charge is 0.197 e. The minimum absolute atomic E-state index is 0.482. The molecule has 0 saturated carbocycles. The van der Waals surface area contributed by atoms with E-state index in [2.05, 4.69) is 47.8 Å². The van der Waals surface area contributed by atoms with Crippen LogP contribution in [0, 0.1) is 13.8 Å². The summed E-state index contributed by atoms with van der Waals surface area (Å²) in [6.45, 7) is 6.42. The van der Waals surface area contributed by atoms with Crippen molar-refractivity contribution >= 4 is 14.5 Å². The number of aryl methyl sites for hydroxylation is 2. The average molecular weight is 261 g/mol. The standard InChI is InChI=1S/C14H20N3P/c1-9-6-4-5-7-11(9)8-12(18-3)13-10(2)16-14(15)17-13/h4-7,12,18H,8H2,1-3H3,(H3,15,16,17). The number of hydrogen-bond acceptors (Lipinski definition) is 2. The van der Waals surface area contributed by atoms with Gasteiger partial charge in [0.25, 0.3) is 0 Å². The first kappa shape index (κ1) is 13.1. The second-order valence-corrected chi connectivity index (χ2v) is 5.87. The fourth-order valence-electron chi connectivity index (χ4n) is 2.24. The van der Waals surface area contributed by atoms with Crippen molar-refractivity contribution in [1.29, 1.82) is 0 Å². The van der Waals surface area contributed by atoms with Crippen LogP contribution in [0.1, 0.15) is 28.2 Å². The van der Waals surface area contributed by atoms with Crippen LogP contribution in [-0.4, -0.2) is 16.6 Å². The highest BCUT2D eigenvalue weighted by Gasteiger charge is 2.16. The number of H-pyrrole nitrogens is 1. The number of aromatic nitrogens is 2. The third-order valence-electron chi connectivity index (χ3n) is 3.32. The normalized spacial score (nSPS) is 13.3. The van der Waals surface area contributed by atoms with Gasteiger partial charge < -0.3 is 10.7 Å². The van der Waals surface area contributed by atoms with E-state index in [1.165, 1.54) is 16.8 Å². The van der Waals surface area contributed by atoms with Gasteiger partial charge in [-0.05, 0) is 38.1 Å². The molecule has 0 aliphatic heterocycles. The zero-order valence-corrected chi connectivity index (χ0v) is 12.1. The molecule has 2 unspecified atom stereocenters. The van der Waals surface area contributed by atoms with Gasteiger partial charge in [0.1, 0.15) is 0 Å². The summed E-state index contributed by atoms with van der Waals surface area (Å²) in [6.07, 6.45) is 1.05. The molecule has 1 heterocycles. The second-order valence-electron chi connectivity index (χ2n) is 4.59. The van der Waals surface area contributed by atoms with E-state index in [-0.39, 0.29) is 0 Å². The highest BCUT2D eigenvalue weighted by molar-refractivity contribution is 7.37. The maximum atomic E-state index is 5.73. The molecular weight excluding hydrogens is 241 g/mol. The van der Waals surface area contributed by atoms with Crippen LogP contribution in [0.15, 0.2) is 24.3 Å². The lowest BCUT2D eigenvalue weighted by molar-refractivity contribution is 0.878. The number of benzene rings is 1. The molecule has 0 amide bonds. The molecular formula is C14H20N3P. The van der Waals surface area contributed by atoms with Gasteiger partial charge in [-0.15, -0.1) is 8.58 Å². The Bertz CT molecular complexity index is 534. The molecule has 3 N–H and O–H groups in total. The van der Waals surface area contributed by atoms with E-state index in [1.807, 2.05) is 6.92 Å². The molecule has 0 aliphatic rings. The SMILES string of the molecule is CPC(Cc1ccccc1C)c1[nH]c(N)nc1C. The fourth-order valence-corrected chi connectivity index (χ4v) is 3.24. The molecule has 1 aromatic heterocycles. The third kappa shape index (κ3) is 2.73. The first-order valence-corrected chi connectivity index (χ1v) is 7.73. The molecule has 0 fully saturated rings. The summed E-state index contributed by atoms with van der Waals surface area (Å²) in [5.41, 5.74) is 11.2. The Hall–Kier alpha value is -1.34. The van der Waals surface area contributed by atoms with E-state index in [4.69, 9.17) is 5.73 Å². The number of anilines is 1. The van der Waals surface area contributed by atoms with Gasteiger partial charge in [-0.25, -0.2) is 4.98 Å². The Morgan fingerprint density at radius 1 is 1.33 bits per heavy atom. The maximum Gasteiger partial charge on any atom is 0.197 e. The Morgan fingerprint density at radius 3 is 2.61 bits per heavy atom. The lowest BCUT2D eigenvalue weighted by Gasteiger charge is -2.15. The summed E-state index contributed by atoms with van der Waals surface area (Å²) in [4.78, 5) is 7.48. The summed E-state index contributed by atoms with van der Waals surface area (Å²) in [7, 11) is 0.831. The van der Waals surface area contributed by atoms with Crippen LogP contribution in [0.25, 0.3) is 0 Å². The summed E-state index contributed by atoms with van der Waals surface area (Å²) >= 11 is 0. The van der Waals surface area contributed by atoms with E-state index in [1.54, 1.807) is 0 Å². The predicted molar refractivity (Wildman–Crippen MR) is 79.6 cm³/mol. The predicted octanol–water partition coefficient (Wildman–Crippen LogP) is 3.20. The van der Waals surface area contributed by atoms with Gasteiger partial charge in [-0.1, -0.05) is 24.3 Å². The van der Waals surface area contributed by atoms with E-state index >= 15 is 0 Å². The largest absolute Gasteiger partial charge is 0.369 e. The van der Waals surface area contributed by atoms with Gasteiger partial charge in [0.15, 0.2) is 5.95 Å². The summed E-state index contributed by atoms with van der Waals surface area (Å²) in [5, 5.41) is 0. The minimum Gasteiger partial charge on any atom is -0.369 e. The molecule has 2 rings (SSSR count). The van der Waals surface area contributed by atoms with Crippen molar-refractivity contribution in [2.45, 2.75) is 25.9 Å². The number of nitrogens with one attached hydrogen (secondary N) is 1. The minimum atomic E-state index is 0.482. The van der Waals surface area contributed by atoms with Crippen molar-refractivity contribution in [3.8, 4) is 0 Å². The van der Waals surface area contributed by atoms with Crippen molar-refractivity contribution in [3.63, 3.8) is 0 Å². The van der Waals surface area contributed by atoms with E-state index in [0.717, 1.165) is 20.7 Å². The van der Waals surface area contributed by atoms with Gasteiger partial charge >= 0.3 is 0 Å². The van der Waals surface area contributed by atoms with Gasteiger partial charge in [0.2, 0.25) is 0 Å². The average Bonchev–Trinajstić information content (AvgIpc) is 2.67. The molecule has 2 aromatic rings. The first-order valence-electron chi connectivity index (χ1n) is 6.15. The van der Waals surface area contributed by atoms with E-state index < -0.39 is 0 Å². The molecule has 0 bridgehead atoms. The van der Waals surface area contributed by atoms with Crippen LogP contribution in [0.4, 0.5) is 5.95 Å². The molecule has 1 aromatic carbocycles. The van der Waals surface area contributed by atoms with Crippen LogP contribution in [0.3, 0.4) is 0 Å². The van der Waals surface area contributed by atoms with Gasteiger partial charge in [0.05, 0.1) is 5.69 Å². The van der Waals surface area contributed by atoms with Gasteiger partial charge in [-0.3, -0.25) is 0 Å². The van der Waals surface area contributed by atoms with Crippen LogP contribution < -0.4 is 5.73 Å². The lowest BCUT2D eigenvalue weighted by Crippen LogP contribution is -2.01. The Morgan fingerprint density at radius 2 is 2.06 bits per heavy atom. The number of nitrogens with zero attached hydrogens (tertiary/aromatic N) is 1. The summed E-state index contributed by atoms with van der Waals surface area (Å²) in [6, 6.07) is 8.56. The Balaban J connectivity index is 2.25. The molecule has 3 nitrogen and oxygen atoms in total. The molecule has 0 aliphatic carbocycles. The van der Waals surface area contributed by atoms with Crippen LogP contribution >= 0.6 is 8.58 Å². The van der Waals surface area contributed by atoms with Crippen molar-refractivity contribution in [2.24, 2.45) is 0 Å². The number of nitrogens with two attached hydrogens (primary N) is 1. The van der Waals surface area contributed by atoms with Gasteiger partial charge in [0, 0.05) is 11.4 Å². The number of imidazole rings is 1. The van der Waals surface area contributed by atoms with Crippen LogP contribution in [0.2, 0.25) is 0 Å². The van der Waals surface area contributed by atoms with Crippen molar-refractivity contribution in [2.75, 3.05) is 12.4 Å². The zero-order valence-electron chi connectivity index (χ0n) is 11.1. The fraction of sp³-hybridized carbons (Fsp3) is 0.357. The number of hydrogen-bond donors (Lipinski definition) is 2. The first-order chi connectivity index (χ1) is 8.61. The highest BCUT2D eigenvalue weighted by Crippen LogP contribution is 2.36. The van der Waals surface area contributed by atoms with Crippen molar-refractivity contribution in [1.82, 2.24) is 9.97 Å². The monoisotopic (exact) mass is 261 g/mol. The van der Waals surface area contributed by atoms with E-state index in [9.17, 15) is 0 Å². The molecule has 0 spiro atoms. The third-order valence-corrected chi connectivity index (χ3v) is 4.51. The lowest BCUT2D eigenvalue weighted by atomic mass is 10.0. The second kappa shape index (κ2) is 5.53. The van der Waals surface area contributed by atoms with Crippen molar-refractivity contribution < 1.29 is 0 Å². The number of rotatable bonds is 4. The Kier molecular flexibility index (Phi) is 4.03. The Labute approximate surface area is 110 Å². The summed E-state index contributed by atoms with van der Waals surface area (Å²) < 4.78 is 0. The van der Waals surface area contributed by atoms with Gasteiger partial charge in [-0.2, -0.15) is 0 Å². The van der Waals surface area contributed by atoms with Crippen LogP contribution in [0.5, 0.6) is 0 Å². The molecule has 18 heavy (non-hydrogen) atoms. The summed E-state index contributed by atoms with van der Waals surface area (Å²) in [5.74, 6) is 0.524. The highest BCUT2D eigenvalue weighted by atomic mass is 31.1. The van der Waals surface area contributed by atoms with Crippen LogP contribution in [-0.2, 0) is 6.42 Å². The quantitative estimate of drug-likeness (QED) is 0.830. The maximum absolute atomic E-state index is 5.73. The van der Waals surface area contributed by atoms with E-state index in [0.29, 0.717) is 11.6 Å². The van der Waals surface area contributed by atoms with Crippen molar-refractivity contribution in [3.05, 3.63) is 46.8 Å². The number of nitrogen functional groups attached to an aromatic ring is 1. The zero-order chi connectivity index (χ0) is 13.1. The molecule has 0 saturated heterocycles. The molecule has 96 valence electrons.